The van der Waals surface area contributed by atoms with Gasteiger partial charge in [0.2, 0.25) is 4.77 Å². The summed E-state index contributed by atoms with van der Waals surface area (Å²) in [5.74, 6) is 1.69. The lowest BCUT2D eigenvalue weighted by molar-refractivity contribution is -0.917. The van der Waals surface area contributed by atoms with Crippen LogP contribution in [0.3, 0.4) is 0 Å². The Morgan fingerprint density at radius 1 is 1.11 bits per heavy atom. The van der Waals surface area contributed by atoms with Gasteiger partial charge in [0.25, 0.3) is 0 Å². The van der Waals surface area contributed by atoms with E-state index in [-0.39, 0.29) is 0 Å². The molecule has 6 heteroatoms. The summed E-state index contributed by atoms with van der Waals surface area (Å²) in [6.45, 7) is 5.95. The van der Waals surface area contributed by atoms with Gasteiger partial charge in [0, 0.05) is 18.2 Å². The second-order valence-corrected chi connectivity index (χ2v) is 7.48. The minimum Gasteiger partial charge on any atom is -0.497 e. The van der Waals surface area contributed by atoms with Crippen molar-refractivity contribution in [1.29, 1.82) is 0 Å². The smallest absolute Gasteiger partial charge is 0.202 e. The van der Waals surface area contributed by atoms with Crippen LogP contribution in [0.2, 0.25) is 0 Å². The molecule has 0 bridgehead atoms. The van der Waals surface area contributed by atoms with E-state index in [9.17, 15) is 0 Å². The molecule has 1 unspecified atom stereocenters. The molecule has 0 saturated heterocycles. The van der Waals surface area contributed by atoms with Crippen LogP contribution in [-0.2, 0) is 20.3 Å². The topological polar surface area (TPSA) is 36.4 Å². The number of hydrogen-bond acceptors (Lipinski definition) is 3. The largest absolute Gasteiger partial charge is 0.497 e. The van der Waals surface area contributed by atoms with Crippen LogP contribution < -0.4 is 9.64 Å². The highest BCUT2D eigenvalue weighted by molar-refractivity contribution is 7.71. The first-order valence-electron chi connectivity index (χ1n) is 9.04. The first kappa shape index (κ1) is 19.3. The highest BCUT2D eigenvalue weighted by Crippen LogP contribution is 2.20. The minimum absolute atomic E-state index is 0.718. The van der Waals surface area contributed by atoms with E-state index in [0.717, 1.165) is 35.1 Å². The van der Waals surface area contributed by atoms with E-state index < -0.39 is 0 Å². The molecule has 0 aliphatic rings. The summed E-state index contributed by atoms with van der Waals surface area (Å²) in [5, 5.41) is 4.77. The molecule has 0 fully saturated rings. The van der Waals surface area contributed by atoms with Crippen molar-refractivity contribution in [3.63, 3.8) is 0 Å². The Morgan fingerprint density at radius 3 is 2.44 bits per heavy atom. The average Bonchev–Trinajstić information content (AvgIpc) is 2.92. The second kappa shape index (κ2) is 8.06. The highest BCUT2D eigenvalue weighted by atomic mass is 32.1. The summed E-state index contributed by atoms with van der Waals surface area (Å²) in [6.07, 6.45) is 0. The van der Waals surface area contributed by atoms with Crippen LogP contribution in [-0.4, -0.2) is 28.5 Å². The number of benzene rings is 2. The minimum atomic E-state index is 0.718. The number of aromatic nitrogens is 3. The van der Waals surface area contributed by atoms with E-state index in [2.05, 4.69) is 39.1 Å². The van der Waals surface area contributed by atoms with Gasteiger partial charge in [-0.3, -0.25) is 0 Å². The molecule has 142 valence electrons. The molecule has 0 amide bonds. The lowest BCUT2D eigenvalue weighted by Crippen LogP contribution is -3.07. The lowest BCUT2D eigenvalue weighted by Gasteiger charge is -2.15. The number of methoxy groups -OCH3 is 1. The molecule has 1 heterocycles. The van der Waals surface area contributed by atoms with Crippen LogP contribution in [0.15, 0.2) is 42.5 Å². The number of nitrogens with zero attached hydrogens (tertiary/aromatic N) is 3. The van der Waals surface area contributed by atoms with E-state index >= 15 is 0 Å². The molecule has 27 heavy (non-hydrogen) atoms. The molecule has 0 radical (unpaired) electrons. The van der Waals surface area contributed by atoms with Crippen LogP contribution in [0.1, 0.15) is 16.7 Å². The van der Waals surface area contributed by atoms with Crippen molar-refractivity contribution in [1.82, 2.24) is 14.3 Å². The molecule has 0 aliphatic carbocycles. The Morgan fingerprint density at radius 2 is 1.81 bits per heavy atom. The van der Waals surface area contributed by atoms with Crippen LogP contribution in [0.4, 0.5) is 0 Å². The van der Waals surface area contributed by atoms with E-state index in [4.69, 9.17) is 22.1 Å². The van der Waals surface area contributed by atoms with Gasteiger partial charge in [0.05, 0.1) is 14.2 Å². The van der Waals surface area contributed by atoms with Gasteiger partial charge in [-0.05, 0) is 55.9 Å². The Kier molecular flexibility index (Phi) is 5.77. The zero-order chi connectivity index (χ0) is 19.6. The van der Waals surface area contributed by atoms with Gasteiger partial charge in [0.15, 0.2) is 12.5 Å². The lowest BCUT2D eigenvalue weighted by atomic mass is 10.1. The summed E-state index contributed by atoms with van der Waals surface area (Å²) in [5.41, 5.74) is 5.01. The van der Waals surface area contributed by atoms with E-state index in [1.807, 2.05) is 40.6 Å². The molecule has 1 aromatic heterocycles. The summed E-state index contributed by atoms with van der Waals surface area (Å²) >= 11 is 5.61. The zero-order valence-electron chi connectivity index (χ0n) is 16.6. The normalized spacial score (nSPS) is 12.2. The van der Waals surface area contributed by atoms with Gasteiger partial charge < -0.3 is 14.2 Å². The van der Waals surface area contributed by atoms with Gasteiger partial charge in [-0.15, -0.1) is 5.10 Å². The number of nitrogens with one attached hydrogen (secondary N) is 1. The van der Waals surface area contributed by atoms with Crippen LogP contribution in [0.25, 0.3) is 11.4 Å². The monoisotopic (exact) mass is 383 g/mol. The van der Waals surface area contributed by atoms with Crippen molar-refractivity contribution in [2.24, 2.45) is 7.05 Å². The van der Waals surface area contributed by atoms with Crippen LogP contribution in [0.5, 0.6) is 5.75 Å². The zero-order valence-corrected chi connectivity index (χ0v) is 17.4. The third-order valence-electron chi connectivity index (χ3n) is 4.80. The van der Waals surface area contributed by atoms with Gasteiger partial charge in [0.1, 0.15) is 12.3 Å². The van der Waals surface area contributed by atoms with Gasteiger partial charge in [-0.1, -0.05) is 23.8 Å². The summed E-state index contributed by atoms with van der Waals surface area (Å²) in [7, 11) is 5.80. The Balaban J connectivity index is 1.79. The number of rotatable bonds is 6. The summed E-state index contributed by atoms with van der Waals surface area (Å²) in [6, 6.07) is 14.5. The molecule has 1 atom stereocenters. The van der Waals surface area contributed by atoms with Crippen LogP contribution in [0, 0.1) is 18.6 Å². The molecule has 1 N–H and O–H groups in total. The average molecular weight is 384 g/mol. The predicted molar refractivity (Wildman–Crippen MR) is 111 cm³/mol. The van der Waals surface area contributed by atoms with Gasteiger partial charge >= 0.3 is 0 Å². The molecule has 3 rings (SSSR count). The fourth-order valence-corrected chi connectivity index (χ4v) is 3.46. The van der Waals surface area contributed by atoms with E-state index in [1.54, 1.807) is 7.11 Å². The van der Waals surface area contributed by atoms with Crippen molar-refractivity contribution in [2.45, 2.75) is 27.1 Å². The standard InChI is InChI=1S/C21H26N4OS/c1-15-6-7-18(16(2)12-15)13-23(3)14-25-21(27)24(4)20(22-25)17-8-10-19(26-5)11-9-17/h6-12H,13-14H2,1-5H3/p+1. The molecule has 5 nitrogen and oxygen atoms in total. The Labute approximate surface area is 165 Å². The van der Waals surface area contributed by atoms with Gasteiger partial charge in [-0.25, -0.2) is 0 Å². The Hall–Kier alpha value is -2.44. The van der Waals surface area contributed by atoms with Crippen molar-refractivity contribution in [3.05, 3.63) is 63.9 Å². The molecule has 0 spiro atoms. The molecule has 0 aliphatic heterocycles. The molecule has 2 aromatic carbocycles. The highest BCUT2D eigenvalue weighted by Gasteiger charge is 2.14. The fourth-order valence-electron chi connectivity index (χ4n) is 3.26. The number of quaternary nitrogens is 1. The van der Waals surface area contributed by atoms with E-state index in [0.29, 0.717) is 0 Å². The maximum Gasteiger partial charge on any atom is 0.202 e. The quantitative estimate of drug-likeness (QED) is 0.665. The molecular formula is C21H27N4OS+. The Bertz CT molecular complexity index is 988. The first-order valence-corrected chi connectivity index (χ1v) is 9.45. The molecule has 3 aromatic rings. The summed E-state index contributed by atoms with van der Waals surface area (Å²) in [4.78, 5) is 1.33. The number of aryl methyl sites for hydroxylation is 2. The van der Waals surface area contributed by atoms with Crippen molar-refractivity contribution in [3.8, 4) is 17.1 Å². The van der Waals surface area contributed by atoms with Crippen LogP contribution >= 0.6 is 12.2 Å². The maximum absolute atomic E-state index is 5.61. The van der Waals surface area contributed by atoms with E-state index in [1.165, 1.54) is 21.6 Å². The van der Waals surface area contributed by atoms with Crippen molar-refractivity contribution < 1.29 is 9.64 Å². The first-order chi connectivity index (χ1) is 12.9. The second-order valence-electron chi connectivity index (χ2n) is 7.12. The third-order valence-corrected chi connectivity index (χ3v) is 5.28. The number of hydrogen-bond donors (Lipinski definition) is 1. The van der Waals surface area contributed by atoms with Crippen molar-refractivity contribution >= 4 is 12.2 Å². The fraction of sp³-hybridized carbons (Fsp3) is 0.333. The van der Waals surface area contributed by atoms with Crippen molar-refractivity contribution in [2.75, 3.05) is 14.2 Å². The third kappa shape index (κ3) is 4.28. The predicted octanol–water partition coefficient (Wildman–Crippen LogP) is 2.92. The molecular weight excluding hydrogens is 356 g/mol. The van der Waals surface area contributed by atoms with Gasteiger partial charge in [-0.2, -0.15) is 4.68 Å². The summed E-state index contributed by atoms with van der Waals surface area (Å²) < 4.78 is 9.83. The SMILES string of the molecule is COc1ccc(-c2nn(C[NH+](C)Cc3ccc(C)cc3C)c(=S)n2C)cc1. The maximum atomic E-state index is 5.61. The molecule has 0 saturated carbocycles. The number of ether oxygens (including phenoxy) is 1.